The molecule has 3 amide bonds. The molecule has 0 fully saturated rings. The lowest BCUT2D eigenvalue weighted by Crippen LogP contribution is -2.46. The summed E-state index contributed by atoms with van der Waals surface area (Å²) in [4.78, 5) is 42.1. The Morgan fingerprint density at radius 2 is 1.77 bits per heavy atom. The van der Waals surface area contributed by atoms with Crippen molar-refractivity contribution in [2.75, 3.05) is 19.8 Å². The predicted octanol–water partition coefficient (Wildman–Crippen LogP) is 2.94. The van der Waals surface area contributed by atoms with Crippen LogP contribution in [0.5, 0.6) is 11.5 Å². The molecule has 3 aromatic rings. The highest BCUT2D eigenvalue weighted by Crippen LogP contribution is 2.31. The Kier molecular flexibility index (Phi) is 6.47. The highest BCUT2D eigenvalue weighted by molar-refractivity contribution is 6.06. The Balaban J connectivity index is 1.15. The molecule has 9 heteroatoms. The maximum atomic E-state index is 13.0. The molecule has 2 N–H and O–H groups in total. The van der Waals surface area contributed by atoms with Crippen LogP contribution in [-0.2, 0) is 22.4 Å². The van der Waals surface area contributed by atoms with Crippen molar-refractivity contribution in [3.63, 3.8) is 0 Å². The molecule has 2 aliphatic rings. The Hall–Kier alpha value is -4.14. The van der Waals surface area contributed by atoms with Crippen LogP contribution in [0, 0.1) is 0 Å². The molecule has 1 aliphatic carbocycles. The monoisotopic (exact) mass is 475 g/mol. The van der Waals surface area contributed by atoms with E-state index in [1.807, 2.05) is 36.4 Å². The molecule has 2 aromatic carbocycles. The van der Waals surface area contributed by atoms with Crippen LogP contribution in [0.15, 0.2) is 48.5 Å². The van der Waals surface area contributed by atoms with Crippen molar-refractivity contribution in [3.05, 3.63) is 65.4 Å². The van der Waals surface area contributed by atoms with Crippen LogP contribution in [0.2, 0.25) is 0 Å². The molecule has 2 heterocycles. The van der Waals surface area contributed by atoms with Crippen molar-refractivity contribution >= 4 is 28.8 Å². The van der Waals surface area contributed by atoms with E-state index in [4.69, 9.17) is 19.2 Å². The number of nitrogens with one attached hydrogen (secondary N) is 2. The summed E-state index contributed by atoms with van der Waals surface area (Å²) in [5.41, 5.74) is 2.97. The highest BCUT2D eigenvalue weighted by atomic mass is 16.6. The molecule has 1 aliphatic heterocycles. The SMILES string of the molecule is O=C(COC(=O)c1c2c(nc3ccccc13)CCCC2)NC(=O)NCC1COc2ccccc2O1. The van der Waals surface area contributed by atoms with Gasteiger partial charge < -0.3 is 19.5 Å². The molecule has 1 aromatic heterocycles. The second-order valence-electron chi connectivity index (χ2n) is 8.47. The minimum absolute atomic E-state index is 0.141. The number of carbonyl (C=O) groups is 3. The fourth-order valence-corrected chi connectivity index (χ4v) is 4.39. The van der Waals surface area contributed by atoms with Gasteiger partial charge in [-0.15, -0.1) is 0 Å². The van der Waals surface area contributed by atoms with Gasteiger partial charge in [0.1, 0.15) is 6.61 Å². The van der Waals surface area contributed by atoms with Crippen molar-refractivity contribution in [2.24, 2.45) is 0 Å². The number of esters is 1. The second kappa shape index (κ2) is 10.0. The van der Waals surface area contributed by atoms with Crippen LogP contribution in [0.1, 0.15) is 34.5 Å². The van der Waals surface area contributed by atoms with Crippen molar-refractivity contribution in [2.45, 2.75) is 31.8 Å². The van der Waals surface area contributed by atoms with Gasteiger partial charge in [-0.05, 0) is 49.4 Å². The molecule has 180 valence electrons. The number of imide groups is 1. The molecule has 1 unspecified atom stereocenters. The van der Waals surface area contributed by atoms with E-state index in [-0.39, 0.29) is 13.2 Å². The van der Waals surface area contributed by atoms with Crippen LogP contribution in [0.4, 0.5) is 4.79 Å². The molecule has 0 spiro atoms. The summed E-state index contributed by atoms with van der Waals surface area (Å²) in [5, 5.41) is 5.45. The zero-order chi connectivity index (χ0) is 24.2. The number of nitrogens with zero attached hydrogens (tertiary/aromatic N) is 1. The van der Waals surface area contributed by atoms with Crippen molar-refractivity contribution in [1.29, 1.82) is 0 Å². The van der Waals surface area contributed by atoms with Crippen LogP contribution >= 0.6 is 0 Å². The number of pyridine rings is 1. The van der Waals surface area contributed by atoms with E-state index in [1.54, 1.807) is 12.1 Å². The molecule has 0 bridgehead atoms. The van der Waals surface area contributed by atoms with E-state index >= 15 is 0 Å². The summed E-state index contributed by atoms with van der Waals surface area (Å²) in [7, 11) is 0. The fourth-order valence-electron chi connectivity index (χ4n) is 4.39. The summed E-state index contributed by atoms with van der Waals surface area (Å²) < 4.78 is 16.7. The second-order valence-corrected chi connectivity index (χ2v) is 8.47. The van der Waals surface area contributed by atoms with E-state index in [9.17, 15) is 14.4 Å². The Labute approximate surface area is 201 Å². The lowest BCUT2D eigenvalue weighted by Gasteiger charge is -2.26. The Bertz CT molecular complexity index is 1290. The third-order valence-electron chi connectivity index (χ3n) is 6.02. The average molecular weight is 476 g/mol. The molecule has 1 atom stereocenters. The molecular weight excluding hydrogens is 450 g/mol. The summed E-state index contributed by atoms with van der Waals surface area (Å²) in [6.45, 7) is -0.163. The summed E-state index contributed by atoms with van der Waals surface area (Å²) in [6, 6.07) is 13.9. The van der Waals surface area contributed by atoms with E-state index in [0.29, 0.717) is 22.4 Å². The number of fused-ring (bicyclic) bond motifs is 3. The summed E-state index contributed by atoms with van der Waals surface area (Å²) in [6.07, 6.45) is 3.14. The zero-order valence-electron chi connectivity index (χ0n) is 19.0. The Morgan fingerprint density at radius 3 is 2.66 bits per heavy atom. The number of benzene rings is 2. The van der Waals surface area contributed by atoms with Crippen LogP contribution in [0.25, 0.3) is 10.9 Å². The quantitative estimate of drug-likeness (QED) is 0.545. The van der Waals surface area contributed by atoms with E-state index < -0.39 is 30.6 Å². The summed E-state index contributed by atoms with van der Waals surface area (Å²) in [5.74, 6) is -0.0776. The van der Waals surface area contributed by atoms with Gasteiger partial charge in [-0.3, -0.25) is 15.1 Å². The number of aromatic nitrogens is 1. The fraction of sp³-hybridized carbons (Fsp3) is 0.308. The number of carbonyl (C=O) groups excluding carboxylic acids is 3. The van der Waals surface area contributed by atoms with E-state index in [2.05, 4.69) is 10.6 Å². The first-order valence-corrected chi connectivity index (χ1v) is 11.6. The van der Waals surface area contributed by atoms with Gasteiger partial charge in [0.05, 0.1) is 17.6 Å². The minimum Gasteiger partial charge on any atom is -0.486 e. The predicted molar refractivity (Wildman–Crippen MR) is 127 cm³/mol. The molecule has 35 heavy (non-hydrogen) atoms. The van der Waals surface area contributed by atoms with Crippen LogP contribution in [0.3, 0.4) is 0 Å². The first-order valence-electron chi connectivity index (χ1n) is 11.6. The first kappa shape index (κ1) is 22.6. The number of urea groups is 1. The highest BCUT2D eigenvalue weighted by Gasteiger charge is 2.25. The normalized spacial score (nSPS) is 16.2. The number of aryl methyl sites for hydroxylation is 1. The average Bonchev–Trinajstić information content (AvgIpc) is 2.89. The largest absolute Gasteiger partial charge is 0.486 e. The van der Waals surface area contributed by atoms with Gasteiger partial charge in [0.15, 0.2) is 24.2 Å². The standard InChI is InChI=1S/C26H25N3O6/c30-23(29-26(32)27-13-16-14-33-21-11-5-6-12-22(21)35-16)15-34-25(31)24-17-7-1-3-9-19(17)28-20-10-4-2-8-18(20)24/h1,3,5-7,9,11-12,16H,2,4,8,10,13-15H2,(H2,27,29,30,32). The van der Waals surface area contributed by atoms with Gasteiger partial charge in [-0.2, -0.15) is 0 Å². The van der Waals surface area contributed by atoms with Crippen molar-refractivity contribution in [1.82, 2.24) is 15.6 Å². The third-order valence-corrected chi connectivity index (χ3v) is 6.02. The minimum atomic E-state index is -0.728. The van der Waals surface area contributed by atoms with Gasteiger partial charge in [-0.25, -0.2) is 9.59 Å². The number of amides is 3. The van der Waals surface area contributed by atoms with Gasteiger partial charge >= 0.3 is 12.0 Å². The summed E-state index contributed by atoms with van der Waals surface area (Å²) >= 11 is 0. The van der Waals surface area contributed by atoms with Crippen LogP contribution < -0.4 is 20.1 Å². The molecular formula is C26H25N3O6. The maximum absolute atomic E-state index is 13.0. The number of hydrogen-bond acceptors (Lipinski definition) is 7. The number of para-hydroxylation sites is 3. The Morgan fingerprint density at radius 1 is 1.00 bits per heavy atom. The molecule has 5 rings (SSSR count). The van der Waals surface area contributed by atoms with E-state index in [0.717, 1.165) is 42.5 Å². The maximum Gasteiger partial charge on any atom is 0.339 e. The lowest BCUT2D eigenvalue weighted by molar-refractivity contribution is -0.123. The topological polar surface area (TPSA) is 116 Å². The molecule has 0 saturated heterocycles. The van der Waals surface area contributed by atoms with Gasteiger partial charge in [-0.1, -0.05) is 30.3 Å². The van der Waals surface area contributed by atoms with E-state index in [1.165, 1.54) is 0 Å². The molecule has 0 radical (unpaired) electrons. The molecule has 0 saturated carbocycles. The molecule has 9 nitrogen and oxygen atoms in total. The lowest BCUT2D eigenvalue weighted by atomic mass is 9.90. The van der Waals surface area contributed by atoms with Gasteiger partial charge in [0, 0.05) is 11.1 Å². The number of rotatable bonds is 5. The number of ether oxygens (including phenoxy) is 3. The van der Waals surface area contributed by atoms with Gasteiger partial charge in [0.25, 0.3) is 5.91 Å². The van der Waals surface area contributed by atoms with Gasteiger partial charge in [0.2, 0.25) is 0 Å². The third kappa shape index (κ3) is 5.03. The first-order chi connectivity index (χ1) is 17.1. The van der Waals surface area contributed by atoms with Crippen molar-refractivity contribution < 1.29 is 28.6 Å². The number of hydrogen-bond donors (Lipinski definition) is 2. The van der Waals surface area contributed by atoms with Crippen molar-refractivity contribution in [3.8, 4) is 11.5 Å². The smallest absolute Gasteiger partial charge is 0.339 e. The van der Waals surface area contributed by atoms with Crippen LogP contribution in [-0.4, -0.2) is 48.8 Å². The zero-order valence-corrected chi connectivity index (χ0v) is 19.0.